The van der Waals surface area contributed by atoms with Crippen LogP contribution in [0.5, 0.6) is 0 Å². The minimum absolute atomic E-state index is 0.00865. The molecule has 0 radical (unpaired) electrons. The van der Waals surface area contributed by atoms with Gasteiger partial charge in [-0.15, -0.1) is 0 Å². The monoisotopic (exact) mass is 364 g/mol. The first-order valence-electron chi connectivity index (χ1n) is 8.09. The van der Waals surface area contributed by atoms with Crippen molar-refractivity contribution >= 4 is 26.9 Å². The van der Waals surface area contributed by atoms with Gasteiger partial charge in [-0.25, -0.2) is 13.2 Å². The molecule has 1 aromatic heterocycles. The Kier molecular flexibility index (Phi) is 4.42. The molecule has 0 amide bonds. The van der Waals surface area contributed by atoms with Crippen LogP contribution in [0.1, 0.15) is 30.6 Å². The summed E-state index contributed by atoms with van der Waals surface area (Å²) in [6, 6.07) is 4.20. The summed E-state index contributed by atoms with van der Waals surface area (Å²) in [5, 5.41) is 9.12. The van der Waals surface area contributed by atoms with E-state index in [9.17, 15) is 18.0 Å². The van der Waals surface area contributed by atoms with Crippen LogP contribution < -0.4 is 5.43 Å². The molecule has 8 heteroatoms. The Morgan fingerprint density at radius 3 is 2.48 bits per heavy atom. The second-order valence-corrected chi connectivity index (χ2v) is 8.75. The molecule has 1 saturated heterocycles. The van der Waals surface area contributed by atoms with Gasteiger partial charge in [0.15, 0.2) is 0 Å². The molecule has 7 nitrogen and oxygen atoms in total. The number of fused-ring (bicyclic) bond motifs is 1. The molecule has 2 unspecified atom stereocenters. The number of rotatable bonds is 3. The normalized spacial score (nSPS) is 22.2. The first-order chi connectivity index (χ1) is 11.7. The lowest BCUT2D eigenvalue weighted by molar-refractivity contribution is 0.0695. The number of nitrogens with zero attached hydrogens (tertiary/aromatic N) is 1. The molecule has 2 N–H and O–H groups in total. The maximum absolute atomic E-state index is 12.9. The zero-order valence-corrected chi connectivity index (χ0v) is 14.8. The number of carboxylic acids is 1. The van der Waals surface area contributed by atoms with E-state index in [-0.39, 0.29) is 22.1 Å². The fourth-order valence-electron chi connectivity index (χ4n) is 3.47. The van der Waals surface area contributed by atoms with Gasteiger partial charge in [0.25, 0.3) is 0 Å². The quantitative estimate of drug-likeness (QED) is 0.865. The number of carbonyl (C=O) groups is 1. The molecule has 1 fully saturated rings. The van der Waals surface area contributed by atoms with Crippen molar-refractivity contribution in [2.75, 3.05) is 13.1 Å². The first kappa shape index (κ1) is 17.6. The maximum atomic E-state index is 12.9. The minimum atomic E-state index is -3.74. The minimum Gasteiger partial charge on any atom is -0.477 e. The Hall–Kier alpha value is -2.19. The fraction of sp³-hybridized carbons (Fsp3) is 0.412. The molecule has 0 bridgehead atoms. The number of aromatic amines is 1. The molecule has 1 aliphatic heterocycles. The number of hydrogen-bond acceptors (Lipinski definition) is 4. The van der Waals surface area contributed by atoms with E-state index in [4.69, 9.17) is 5.11 Å². The van der Waals surface area contributed by atoms with E-state index in [0.29, 0.717) is 18.6 Å². The third-order valence-electron chi connectivity index (χ3n) is 4.56. The number of carboxylic acid groups (broad SMARTS) is 1. The molecular weight excluding hydrogens is 344 g/mol. The number of pyridine rings is 1. The molecule has 0 aliphatic carbocycles. The smallest absolute Gasteiger partial charge is 0.341 e. The predicted octanol–water partition coefficient (Wildman–Crippen LogP) is 1.89. The zero-order valence-electron chi connectivity index (χ0n) is 14.0. The molecular formula is C17H20N2O5S. The van der Waals surface area contributed by atoms with E-state index in [1.807, 2.05) is 13.8 Å². The average Bonchev–Trinajstić information content (AvgIpc) is 2.53. The highest BCUT2D eigenvalue weighted by Crippen LogP contribution is 2.27. The molecule has 134 valence electrons. The fourth-order valence-corrected chi connectivity index (χ4v) is 5.17. The van der Waals surface area contributed by atoms with Gasteiger partial charge in [-0.1, -0.05) is 13.8 Å². The summed E-state index contributed by atoms with van der Waals surface area (Å²) in [6.07, 6.45) is 2.10. The van der Waals surface area contributed by atoms with Crippen LogP contribution in [0.25, 0.3) is 10.9 Å². The van der Waals surface area contributed by atoms with Gasteiger partial charge in [-0.3, -0.25) is 4.79 Å². The van der Waals surface area contributed by atoms with Gasteiger partial charge < -0.3 is 10.1 Å². The lowest BCUT2D eigenvalue weighted by Crippen LogP contribution is -2.42. The third-order valence-corrected chi connectivity index (χ3v) is 6.38. The topological polar surface area (TPSA) is 108 Å². The standard InChI is InChI=1S/C17H20N2O5S/c1-10-5-11(2)9-19(8-10)25(23,24)12-3-4-15-13(6-12)16(20)14(7-18-15)17(21)22/h3-4,6-7,10-11H,5,8-9H2,1-2H3,(H,18,20)(H,21,22). The number of aromatic carboxylic acids is 1. The summed E-state index contributed by atoms with van der Waals surface area (Å²) in [5.41, 5.74) is -0.713. The first-order valence-corrected chi connectivity index (χ1v) is 9.53. The second kappa shape index (κ2) is 6.27. The highest BCUT2D eigenvalue weighted by molar-refractivity contribution is 7.89. The highest BCUT2D eigenvalue weighted by atomic mass is 32.2. The second-order valence-electron chi connectivity index (χ2n) is 6.81. The highest BCUT2D eigenvalue weighted by Gasteiger charge is 2.32. The van der Waals surface area contributed by atoms with E-state index in [2.05, 4.69) is 4.98 Å². The van der Waals surface area contributed by atoms with Crippen LogP contribution in [-0.2, 0) is 10.0 Å². The predicted molar refractivity (Wildman–Crippen MR) is 93.2 cm³/mol. The van der Waals surface area contributed by atoms with Gasteiger partial charge >= 0.3 is 5.97 Å². The molecule has 1 aliphatic rings. The summed E-state index contributed by atoms with van der Waals surface area (Å²) in [7, 11) is -3.74. The number of piperidine rings is 1. The van der Waals surface area contributed by atoms with E-state index >= 15 is 0 Å². The van der Waals surface area contributed by atoms with Crippen LogP contribution in [0.4, 0.5) is 0 Å². The lowest BCUT2D eigenvalue weighted by atomic mass is 9.94. The molecule has 2 aromatic rings. The van der Waals surface area contributed by atoms with E-state index in [1.165, 1.54) is 22.5 Å². The Balaban J connectivity index is 2.10. The van der Waals surface area contributed by atoms with Gasteiger partial charge in [0.2, 0.25) is 15.5 Å². The van der Waals surface area contributed by atoms with Crippen LogP contribution in [0.2, 0.25) is 0 Å². The SMILES string of the molecule is CC1CC(C)CN(S(=O)(=O)c2ccc3[nH]cc(C(=O)O)c(=O)c3c2)C1. The number of sulfonamides is 1. The Morgan fingerprint density at radius 2 is 1.88 bits per heavy atom. The molecule has 25 heavy (non-hydrogen) atoms. The van der Waals surface area contributed by atoms with Gasteiger partial charge in [0.1, 0.15) is 5.56 Å². The van der Waals surface area contributed by atoms with Crippen LogP contribution in [0.3, 0.4) is 0 Å². The molecule has 0 spiro atoms. The summed E-state index contributed by atoms with van der Waals surface area (Å²) in [6.45, 7) is 4.91. The largest absolute Gasteiger partial charge is 0.477 e. The van der Waals surface area contributed by atoms with Crippen molar-refractivity contribution in [3.8, 4) is 0 Å². The van der Waals surface area contributed by atoms with Gasteiger partial charge in [-0.2, -0.15) is 4.31 Å². The van der Waals surface area contributed by atoms with Crippen molar-refractivity contribution in [3.05, 3.63) is 40.2 Å². The molecule has 2 heterocycles. The molecule has 1 aromatic carbocycles. The Morgan fingerprint density at radius 1 is 1.24 bits per heavy atom. The average molecular weight is 364 g/mol. The van der Waals surface area contributed by atoms with Gasteiger partial charge in [0.05, 0.1) is 4.90 Å². The van der Waals surface area contributed by atoms with E-state index < -0.39 is 27.0 Å². The third kappa shape index (κ3) is 3.19. The summed E-state index contributed by atoms with van der Waals surface area (Å²) in [4.78, 5) is 26.2. The molecule has 0 saturated carbocycles. The number of benzene rings is 1. The van der Waals surface area contributed by atoms with Crippen LogP contribution in [0, 0.1) is 11.8 Å². The summed E-state index contributed by atoms with van der Waals surface area (Å²) < 4.78 is 27.3. The van der Waals surface area contributed by atoms with Crippen LogP contribution >= 0.6 is 0 Å². The maximum Gasteiger partial charge on any atom is 0.341 e. The van der Waals surface area contributed by atoms with Crippen molar-refractivity contribution < 1.29 is 18.3 Å². The van der Waals surface area contributed by atoms with E-state index in [0.717, 1.165) is 12.6 Å². The van der Waals surface area contributed by atoms with Crippen molar-refractivity contribution in [2.24, 2.45) is 11.8 Å². The Labute approximate surface area is 145 Å². The Bertz CT molecular complexity index is 986. The van der Waals surface area contributed by atoms with Gasteiger partial charge in [-0.05, 0) is 36.5 Å². The van der Waals surface area contributed by atoms with Crippen molar-refractivity contribution in [1.82, 2.24) is 9.29 Å². The number of H-pyrrole nitrogens is 1. The van der Waals surface area contributed by atoms with Crippen LogP contribution in [-0.4, -0.2) is 41.9 Å². The lowest BCUT2D eigenvalue weighted by Gasteiger charge is -2.34. The van der Waals surface area contributed by atoms with Crippen molar-refractivity contribution in [1.29, 1.82) is 0 Å². The number of nitrogens with one attached hydrogen (secondary N) is 1. The van der Waals surface area contributed by atoms with Crippen LogP contribution in [0.15, 0.2) is 34.1 Å². The number of hydrogen-bond donors (Lipinski definition) is 2. The van der Waals surface area contributed by atoms with E-state index in [1.54, 1.807) is 0 Å². The zero-order chi connectivity index (χ0) is 18.4. The van der Waals surface area contributed by atoms with Gasteiger partial charge in [0, 0.05) is 30.2 Å². The van der Waals surface area contributed by atoms with Crippen molar-refractivity contribution in [2.45, 2.75) is 25.2 Å². The summed E-state index contributed by atoms with van der Waals surface area (Å²) in [5.74, 6) is -0.822. The summed E-state index contributed by atoms with van der Waals surface area (Å²) >= 11 is 0. The molecule has 2 atom stereocenters. The molecule has 3 rings (SSSR count). The van der Waals surface area contributed by atoms with Crippen molar-refractivity contribution in [3.63, 3.8) is 0 Å². The number of aromatic nitrogens is 1.